The summed E-state index contributed by atoms with van der Waals surface area (Å²) in [5.74, 6) is 0.855. The molecule has 0 spiro atoms. The van der Waals surface area contributed by atoms with Crippen molar-refractivity contribution in [2.75, 3.05) is 0 Å². The van der Waals surface area contributed by atoms with E-state index in [9.17, 15) is 4.79 Å². The second-order valence-corrected chi connectivity index (χ2v) is 7.89. The van der Waals surface area contributed by atoms with Crippen LogP contribution < -0.4 is 5.32 Å². The summed E-state index contributed by atoms with van der Waals surface area (Å²) in [7, 11) is 0. The molecular weight excluding hydrogens is 350 g/mol. The predicted molar refractivity (Wildman–Crippen MR) is 114 cm³/mol. The Labute approximate surface area is 166 Å². The lowest BCUT2D eigenvalue weighted by molar-refractivity contribution is 0.0940. The van der Waals surface area contributed by atoms with Gasteiger partial charge in [-0.3, -0.25) is 4.79 Å². The van der Waals surface area contributed by atoms with E-state index < -0.39 is 0 Å². The largest absolute Gasteiger partial charge is 0.346 e. The molecule has 1 unspecified atom stereocenters. The Morgan fingerprint density at radius 1 is 0.926 bits per heavy atom. The fourth-order valence-electron chi connectivity index (χ4n) is 2.83. The zero-order valence-electron chi connectivity index (χ0n) is 16.0. The van der Waals surface area contributed by atoms with E-state index in [1.165, 1.54) is 21.6 Å². The smallest absolute Gasteiger partial charge is 0.251 e. The molecule has 2 nitrogen and oxygen atoms in total. The van der Waals surface area contributed by atoms with Crippen LogP contribution in [0.2, 0.25) is 0 Å². The normalized spacial score (nSPS) is 11.8. The van der Waals surface area contributed by atoms with Crippen LogP contribution >= 0.6 is 11.8 Å². The highest BCUT2D eigenvalue weighted by molar-refractivity contribution is 7.98. The van der Waals surface area contributed by atoms with Crippen molar-refractivity contribution in [3.8, 4) is 0 Å². The number of carbonyl (C=O) groups excluding carboxylic acids is 1. The summed E-state index contributed by atoms with van der Waals surface area (Å²) in [4.78, 5) is 13.8. The van der Waals surface area contributed by atoms with Gasteiger partial charge in [-0.1, -0.05) is 48.5 Å². The van der Waals surface area contributed by atoms with E-state index in [1.807, 2.05) is 49.4 Å². The Hall–Kier alpha value is -2.52. The molecule has 0 aliphatic carbocycles. The summed E-state index contributed by atoms with van der Waals surface area (Å²) < 4.78 is 0. The van der Waals surface area contributed by atoms with Gasteiger partial charge in [-0.2, -0.15) is 0 Å². The van der Waals surface area contributed by atoms with Gasteiger partial charge >= 0.3 is 0 Å². The van der Waals surface area contributed by atoms with Crippen LogP contribution in [0.4, 0.5) is 0 Å². The summed E-state index contributed by atoms with van der Waals surface area (Å²) in [6.07, 6.45) is 0. The van der Waals surface area contributed by atoms with Gasteiger partial charge in [-0.15, -0.1) is 11.8 Å². The zero-order chi connectivity index (χ0) is 19.2. The first-order valence-electron chi connectivity index (χ1n) is 9.18. The molecule has 3 heteroatoms. The van der Waals surface area contributed by atoms with Crippen molar-refractivity contribution in [3.05, 3.63) is 101 Å². The Kier molecular flexibility index (Phi) is 6.36. The minimum absolute atomic E-state index is 0.0230. The number of carbonyl (C=O) groups is 1. The summed E-state index contributed by atoms with van der Waals surface area (Å²) in [5, 5.41) is 3.09. The molecule has 3 aromatic carbocycles. The van der Waals surface area contributed by atoms with Gasteiger partial charge in [0.05, 0.1) is 6.04 Å². The van der Waals surface area contributed by atoms with Crippen molar-refractivity contribution in [1.82, 2.24) is 5.32 Å². The lowest BCUT2D eigenvalue weighted by Crippen LogP contribution is -2.26. The van der Waals surface area contributed by atoms with Crippen LogP contribution in [0.1, 0.15) is 45.6 Å². The van der Waals surface area contributed by atoms with Crippen molar-refractivity contribution in [3.63, 3.8) is 0 Å². The Balaban J connectivity index is 1.59. The van der Waals surface area contributed by atoms with Crippen molar-refractivity contribution in [2.45, 2.75) is 37.5 Å². The average molecular weight is 376 g/mol. The molecule has 3 aromatic rings. The van der Waals surface area contributed by atoms with Gasteiger partial charge in [0, 0.05) is 16.2 Å². The summed E-state index contributed by atoms with van der Waals surface area (Å²) >= 11 is 1.80. The van der Waals surface area contributed by atoms with E-state index >= 15 is 0 Å². The van der Waals surface area contributed by atoms with E-state index in [2.05, 4.69) is 49.5 Å². The van der Waals surface area contributed by atoms with Crippen molar-refractivity contribution < 1.29 is 4.79 Å². The third-order valence-electron chi connectivity index (χ3n) is 4.74. The number of thioether (sulfide) groups is 1. The first kappa shape index (κ1) is 19.2. The van der Waals surface area contributed by atoms with Gasteiger partial charge in [0.1, 0.15) is 0 Å². The summed E-state index contributed by atoms with van der Waals surface area (Å²) in [6, 6.07) is 24.5. The van der Waals surface area contributed by atoms with Crippen molar-refractivity contribution >= 4 is 17.7 Å². The lowest BCUT2D eigenvalue weighted by Gasteiger charge is -2.16. The zero-order valence-corrected chi connectivity index (χ0v) is 16.8. The molecule has 0 radical (unpaired) electrons. The van der Waals surface area contributed by atoms with E-state index in [-0.39, 0.29) is 11.9 Å². The third-order valence-corrected chi connectivity index (χ3v) is 5.83. The van der Waals surface area contributed by atoms with E-state index in [0.717, 1.165) is 11.3 Å². The van der Waals surface area contributed by atoms with Crippen LogP contribution in [0.25, 0.3) is 0 Å². The van der Waals surface area contributed by atoms with Gasteiger partial charge < -0.3 is 5.32 Å². The van der Waals surface area contributed by atoms with Crippen LogP contribution in [0.15, 0.2) is 77.7 Å². The Morgan fingerprint density at radius 3 is 2.30 bits per heavy atom. The number of hydrogen-bond donors (Lipinski definition) is 1. The van der Waals surface area contributed by atoms with Gasteiger partial charge in [0.2, 0.25) is 0 Å². The fourth-order valence-corrected chi connectivity index (χ4v) is 3.71. The summed E-state index contributed by atoms with van der Waals surface area (Å²) in [6.45, 7) is 6.21. The topological polar surface area (TPSA) is 29.1 Å². The lowest BCUT2D eigenvalue weighted by atomic mass is 10.0. The molecule has 0 aliphatic heterocycles. The maximum atomic E-state index is 12.6. The first-order chi connectivity index (χ1) is 13.0. The van der Waals surface area contributed by atoms with Gasteiger partial charge in [0.25, 0.3) is 5.91 Å². The highest BCUT2D eigenvalue weighted by Crippen LogP contribution is 2.22. The molecule has 0 saturated carbocycles. The van der Waals surface area contributed by atoms with Gasteiger partial charge in [0.15, 0.2) is 0 Å². The average Bonchev–Trinajstić information content (AvgIpc) is 2.69. The van der Waals surface area contributed by atoms with Crippen molar-refractivity contribution in [2.24, 2.45) is 0 Å². The highest BCUT2D eigenvalue weighted by Gasteiger charge is 2.12. The van der Waals surface area contributed by atoms with Crippen LogP contribution in [0, 0.1) is 13.8 Å². The van der Waals surface area contributed by atoms with Crippen LogP contribution in [0.5, 0.6) is 0 Å². The molecule has 0 fully saturated rings. The molecule has 27 heavy (non-hydrogen) atoms. The second kappa shape index (κ2) is 8.92. The maximum absolute atomic E-state index is 12.6. The van der Waals surface area contributed by atoms with Crippen LogP contribution in [0.3, 0.4) is 0 Å². The third kappa shape index (κ3) is 5.24. The Bertz CT molecular complexity index is 903. The number of rotatable bonds is 6. The number of hydrogen-bond acceptors (Lipinski definition) is 2. The fraction of sp³-hybridized carbons (Fsp3) is 0.208. The molecule has 0 bridgehead atoms. The molecule has 138 valence electrons. The maximum Gasteiger partial charge on any atom is 0.251 e. The minimum atomic E-state index is -0.0389. The predicted octanol–water partition coefficient (Wildman–Crippen LogP) is 6.09. The van der Waals surface area contributed by atoms with E-state index in [4.69, 9.17) is 0 Å². The second-order valence-electron chi connectivity index (χ2n) is 6.84. The van der Waals surface area contributed by atoms with E-state index in [1.54, 1.807) is 11.8 Å². The van der Waals surface area contributed by atoms with Crippen LogP contribution in [-0.2, 0) is 5.75 Å². The highest BCUT2D eigenvalue weighted by atomic mass is 32.2. The number of benzene rings is 3. The summed E-state index contributed by atoms with van der Waals surface area (Å²) in [5.41, 5.74) is 5.54. The number of amides is 1. The molecule has 0 saturated heterocycles. The molecule has 3 rings (SSSR count). The minimum Gasteiger partial charge on any atom is -0.346 e. The molecule has 1 atom stereocenters. The quantitative estimate of drug-likeness (QED) is 0.528. The molecule has 0 aromatic heterocycles. The van der Waals surface area contributed by atoms with Crippen molar-refractivity contribution in [1.29, 1.82) is 0 Å². The SMILES string of the molecule is Cc1ccc(C(C)NC(=O)c2ccc(CSc3ccccc3)cc2)cc1C. The van der Waals surface area contributed by atoms with E-state index in [0.29, 0.717) is 5.56 Å². The van der Waals surface area contributed by atoms with Crippen LogP contribution in [-0.4, -0.2) is 5.91 Å². The monoisotopic (exact) mass is 375 g/mol. The number of nitrogens with one attached hydrogen (secondary N) is 1. The number of aryl methyl sites for hydroxylation is 2. The molecule has 1 amide bonds. The molecule has 0 heterocycles. The molecule has 1 N–H and O–H groups in total. The Morgan fingerprint density at radius 2 is 1.63 bits per heavy atom. The first-order valence-corrected chi connectivity index (χ1v) is 10.2. The van der Waals surface area contributed by atoms with Gasteiger partial charge in [-0.05, 0) is 67.3 Å². The standard InChI is InChI=1S/C24H25NOS/c1-17-9-12-22(15-18(17)2)19(3)25-24(26)21-13-10-20(11-14-21)16-27-23-7-5-4-6-8-23/h4-15,19H,16H2,1-3H3,(H,25,26). The molecule has 0 aliphatic rings. The molecular formula is C24H25NOS. The van der Waals surface area contributed by atoms with Gasteiger partial charge in [-0.25, -0.2) is 0 Å².